The summed E-state index contributed by atoms with van der Waals surface area (Å²) in [5, 5.41) is -0.187. The number of hydrogen-bond acceptors (Lipinski definition) is 4. The van der Waals surface area contributed by atoms with Crippen molar-refractivity contribution in [2.45, 2.75) is 25.7 Å². The number of nitrogens with zero attached hydrogens (tertiary/aromatic N) is 1. The van der Waals surface area contributed by atoms with E-state index >= 15 is 0 Å². The van der Waals surface area contributed by atoms with Gasteiger partial charge in [0.25, 0.3) is 11.1 Å². The van der Waals surface area contributed by atoms with Crippen molar-refractivity contribution in [1.82, 2.24) is 4.90 Å². The Balaban J connectivity index is 1.90. The summed E-state index contributed by atoms with van der Waals surface area (Å²) >= 11 is 1.04. The lowest BCUT2D eigenvalue weighted by Crippen LogP contribution is -2.33. The minimum atomic E-state index is -0.187. The van der Waals surface area contributed by atoms with Crippen molar-refractivity contribution < 1.29 is 9.59 Å². The van der Waals surface area contributed by atoms with Crippen LogP contribution in [0.1, 0.15) is 25.7 Å². The monoisotopic (exact) mass is 240 g/mol. The number of nitrogens with two attached hydrogens (primary N) is 1. The summed E-state index contributed by atoms with van der Waals surface area (Å²) in [5.74, 6) is 0.686. The molecule has 0 atom stereocenters. The van der Waals surface area contributed by atoms with Gasteiger partial charge >= 0.3 is 0 Å². The molecule has 4 nitrogen and oxygen atoms in total. The molecule has 2 rings (SSSR count). The van der Waals surface area contributed by atoms with E-state index in [-0.39, 0.29) is 11.1 Å². The second kappa shape index (κ2) is 5.01. The average Bonchev–Trinajstić information content (AvgIpc) is 3.03. The van der Waals surface area contributed by atoms with Gasteiger partial charge in [-0.2, -0.15) is 0 Å². The van der Waals surface area contributed by atoms with Crippen molar-refractivity contribution in [3.63, 3.8) is 0 Å². The summed E-state index contributed by atoms with van der Waals surface area (Å²) in [6.07, 6.45) is 6.59. The molecule has 1 aliphatic heterocycles. The van der Waals surface area contributed by atoms with Crippen LogP contribution < -0.4 is 5.73 Å². The lowest BCUT2D eigenvalue weighted by Gasteiger charge is -2.09. The second-order valence-electron chi connectivity index (χ2n) is 4.20. The third-order valence-corrected chi connectivity index (χ3v) is 3.78. The Hall–Kier alpha value is -0.810. The van der Waals surface area contributed by atoms with Crippen molar-refractivity contribution in [3.05, 3.63) is 11.0 Å². The second-order valence-corrected chi connectivity index (χ2v) is 5.20. The van der Waals surface area contributed by atoms with Crippen LogP contribution in [-0.4, -0.2) is 29.1 Å². The number of amides is 2. The van der Waals surface area contributed by atoms with E-state index in [9.17, 15) is 9.59 Å². The van der Waals surface area contributed by atoms with E-state index in [1.807, 2.05) is 6.08 Å². The van der Waals surface area contributed by atoms with E-state index in [1.165, 1.54) is 17.7 Å². The van der Waals surface area contributed by atoms with Crippen molar-refractivity contribution in [1.29, 1.82) is 0 Å². The highest BCUT2D eigenvalue weighted by Gasteiger charge is 2.34. The predicted molar refractivity (Wildman–Crippen MR) is 63.8 cm³/mol. The quantitative estimate of drug-likeness (QED) is 0.743. The van der Waals surface area contributed by atoms with E-state index in [0.717, 1.165) is 30.5 Å². The molecule has 1 aliphatic carbocycles. The van der Waals surface area contributed by atoms with E-state index in [0.29, 0.717) is 18.0 Å². The molecule has 1 saturated heterocycles. The Labute approximate surface area is 99.2 Å². The van der Waals surface area contributed by atoms with Gasteiger partial charge in [-0.3, -0.25) is 14.5 Å². The first kappa shape index (κ1) is 11.7. The molecule has 88 valence electrons. The number of hydrogen-bond donors (Lipinski definition) is 1. The lowest BCUT2D eigenvalue weighted by atomic mass is 10.2. The van der Waals surface area contributed by atoms with Gasteiger partial charge in [-0.1, -0.05) is 18.9 Å². The molecule has 0 aromatic rings. The molecule has 2 N–H and O–H groups in total. The minimum absolute atomic E-state index is 0.170. The van der Waals surface area contributed by atoms with Gasteiger partial charge in [0.05, 0.1) is 4.91 Å². The number of thioether (sulfide) groups is 1. The summed E-state index contributed by atoms with van der Waals surface area (Å²) in [6.45, 7) is 0.651. The number of rotatable bonds is 5. The SMILES string of the molecule is NCCN1C(=O)SC(=CCCC2CC2)C1=O. The summed E-state index contributed by atoms with van der Waals surface area (Å²) in [6, 6.07) is 0. The fourth-order valence-electron chi connectivity index (χ4n) is 1.72. The highest BCUT2D eigenvalue weighted by Crippen LogP contribution is 2.35. The molecule has 0 aromatic carbocycles. The lowest BCUT2D eigenvalue weighted by molar-refractivity contribution is -0.122. The third kappa shape index (κ3) is 2.65. The van der Waals surface area contributed by atoms with Gasteiger partial charge in [0.15, 0.2) is 0 Å². The Kier molecular flexibility index (Phi) is 3.66. The number of carbonyl (C=O) groups excluding carboxylic acids is 2. The molecule has 1 heterocycles. The molecule has 16 heavy (non-hydrogen) atoms. The molecular formula is C11H16N2O2S. The summed E-state index contributed by atoms with van der Waals surface area (Å²) < 4.78 is 0. The van der Waals surface area contributed by atoms with Crippen LogP contribution in [0.3, 0.4) is 0 Å². The zero-order valence-corrected chi connectivity index (χ0v) is 9.96. The zero-order chi connectivity index (χ0) is 11.5. The molecule has 2 fully saturated rings. The third-order valence-electron chi connectivity index (χ3n) is 2.83. The molecule has 5 heteroatoms. The normalized spacial score (nSPS) is 23.6. The molecule has 0 spiro atoms. The predicted octanol–water partition coefficient (Wildman–Crippen LogP) is 1.71. The van der Waals surface area contributed by atoms with Gasteiger partial charge in [-0.15, -0.1) is 0 Å². The molecule has 2 aliphatic rings. The van der Waals surface area contributed by atoms with Crippen LogP contribution in [-0.2, 0) is 4.79 Å². The fraction of sp³-hybridized carbons (Fsp3) is 0.636. The van der Waals surface area contributed by atoms with Gasteiger partial charge in [0.2, 0.25) is 0 Å². The van der Waals surface area contributed by atoms with Crippen LogP contribution in [0.25, 0.3) is 0 Å². The van der Waals surface area contributed by atoms with Gasteiger partial charge in [-0.05, 0) is 30.5 Å². The molecule has 1 saturated carbocycles. The largest absolute Gasteiger partial charge is 0.329 e. The number of carbonyl (C=O) groups is 2. The van der Waals surface area contributed by atoms with E-state index in [4.69, 9.17) is 5.73 Å². The summed E-state index contributed by atoms with van der Waals surface area (Å²) in [4.78, 5) is 25.0. The summed E-state index contributed by atoms with van der Waals surface area (Å²) in [7, 11) is 0. The highest BCUT2D eigenvalue weighted by molar-refractivity contribution is 8.18. The van der Waals surface area contributed by atoms with Crippen LogP contribution in [0, 0.1) is 5.92 Å². The maximum absolute atomic E-state index is 11.8. The highest BCUT2D eigenvalue weighted by atomic mass is 32.2. The van der Waals surface area contributed by atoms with Crippen molar-refractivity contribution in [3.8, 4) is 0 Å². The molecule has 0 unspecified atom stereocenters. The van der Waals surface area contributed by atoms with Gasteiger partial charge in [0.1, 0.15) is 0 Å². The Morgan fingerprint density at radius 2 is 2.19 bits per heavy atom. The van der Waals surface area contributed by atoms with Crippen molar-refractivity contribution >= 4 is 22.9 Å². The number of allylic oxidation sites excluding steroid dienone is 1. The average molecular weight is 240 g/mol. The van der Waals surface area contributed by atoms with Crippen LogP contribution in [0.2, 0.25) is 0 Å². The maximum atomic E-state index is 11.8. The zero-order valence-electron chi connectivity index (χ0n) is 9.15. The van der Waals surface area contributed by atoms with Gasteiger partial charge < -0.3 is 5.73 Å². The summed E-state index contributed by atoms with van der Waals surface area (Å²) in [5.41, 5.74) is 5.35. The Bertz CT molecular complexity index is 337. The molecular weight excluding hydrogens is 224 g/mol. The topological polar surface area (TPSA) is 63.4 Å². The minimum Gasteiger partial charge on any atom is -0.329 e. The van der Waals surface area contributed by atoms with E-state index in [2.05, 4.69) is 0 Å². The molecule has 2 amide bonds. The van der Waals surface area contributed by atoms with Crippen LogP contribution in [0.5, 0.6) is 0 Å². The number of imide groups is 1. The molecule has 0 aromatic heterocycles. The molecule has 0 bridgehead atoms. The molecule has 0 radical (unpaired) electrons. The van der Waals surface area contributed by atoms with Gasteiger partial charge in [0, 0.05) is 13.1 Å². The van der Waals surface area contributed by atoms with E-state index in [1.54, 1.807) is 0 Å². The Morgan fingerprint density at radius 3 is 2.81 bits per heavy atom. The Morgan fingerprint density at radius 1 is 1.44 bits per heavy atom. The first-order chi connectivity index (χ1) is 7.72. The van der Waals surface area contributed by atoms with Gasteiger partial charge in [-0.25, -0.2) is 0 Å². The smallest absolute Gasteiger partial charge is 0.293 e. The first-order valence-corrected chi connectivity index (χ1v) is 6.48. The maximum Gasteiger partial charge on any atom is 0.293 e. The van der Waals surface area contributed by atoms with Crippen LogP contribution >= 0.6 is 11.8 Å². The van der Waals surface area contributed by atoms with Crippen molar-refractivity contribution in [2.75, 3.05) is 13.1 Å². The fourth-order valence-corrected chi connectivity index (χ4v) is 2.59. The van der Waals surface area contributed by atoms with E-state index < -0.39 is 0 Å². The van der Waals surface area contributed by atoms with Crippen molar-refractivity contribution in [2.24, 2.45) is 11.7 Å². The van der Waals surface area contributed by atoms with Crippen LogP contribution in [0.15, 0.2) is 11.0 Å². The van der Waals surface area contributed by atoms with Crippen LogP contribution in [0.4, 0.5) is 4.79 Å². The standard InChI is InChI=1S/C11H16N2O2S/c12-6-7-13-10(14)9(16-11(13)15)3-1-2-8-4-5-8/h3,8H,1-2,4-7,12H2. The first-order valence-electron chi connectivity index (χ1n) is 5.66.